The van der Waals surface area contributed by atoms with Gasteiger partial charge in [0.15, 0.2) is 11.5 Å². The third-order valence-electron chi connectivity index (χ3n) is 3.80. The van der Waals surface area contributed by atoms with Gasteiger partial charge in [-0.2, -0.15) is 0 Å². The first-order valence-corrected chi connectivity index (χ1v) is 9.35. The van der Waals surface area contributed by atoms with Crippen LogP contribution in [-0.2, 0) is 6.54 Å². The lowest BCUT2D eigenvalue weighted by atomic mass is 10.2. The van der Waals surface area contributed by atoms with E-state index in [1.807, 2.05) is 0 Å². The maximum Gasteiger partial charge on any atom is 0.286 e. The zero-order valence-corrected chi connectivity index (χ0v) is 15.8. The van der Waals surface area contributed by atoms with E-state index in [-0.39, 0.29) is 24.3 Å². The highest BCUT2D eigenvalue weighted by Crippen LogP contribution is 2.34. The minimum atomic E-state index is -0.397. The van der Waals surface area contributed by atoms with Crippen LogP contribution in [-0.4, -0.2) is 28.8 Å². The van der Waals surface area contributed by atoms with Crippen LogP contribution in [0, 0.1) is 0 Å². The van der Waals surface area contributed by atoms with Crippen LogP contribution in [0.5, 0.6) is 11.5 Å². The Morgan fingerprint density at radius 3 is 2.64 bits per heavy atom. The predicted octanol–water partition coefficient (Wildman–Crippen LogP) is 3.10. The second-order valence-corrected chi connectivity index (χ2v) is 7.21. The van der Waals surface area contributed by atoms with Crippen molar-refractivity contribution in [1.82, 2.24) is 15.5 Å². The Morgan fingerprint density at radius 2 is 1.82 bits per heavy atom. The largest absolute Gasteiger partial charge is 0.454 e. The molecule has 142 valence electrons. The Kier molecular flexibility index (Phi) is 5.09. The van der Waals surface area contributed by atoms with Crippen LogP contribution in [0.15, 0.2) is 42.5 Å². The number of fused-ring (bicyclic) bond motifs is 1. The molecule has 1 aromatic heterocycles. The third-order valence-corrected chi connectivity index (χ3v) is 4.97. The molecule has 8 nitrogen and oxygen atoms in total. The van der Waals surface area contributed by atoms with Gasteiger partial charge in [0.2, 0.25) is 11.8 Å². The number of carbonyl (C=O) groups excluding carboxylic acids is 2. The molecule has 0 saturated carbocycles. The fraction of sp³-hybridized carbons (Fsp3) is 0.111. The Bertz CT molecular complexity index is 1040. The molecule has 0 radical (unpaired) electrons. The molecule has 0 unspecified atom stereocenters. The van der Waals surface area contributed by atoms with Crippen LogP contribution in [0.3, 0.4) is 0 Å². The molecule has 1 aliphatic heterocycles. The van der Waals surface area contributed by atoms with Crippen molar-refractivity contribution in [2.45, 2.75) is 6.54 Å². The number of hydrogen-bond donors (Lipinski definition) is 2. The molecule has 0 bridgehead atoms. The van der Waals surface area contributed by atoms with Gasteiger partial charge in [0.1, 0.15) is 5.01 Å². The van der Waals surface area contributed by atoms with Crippen molar-refractivity contribution in [3.05, 3.63) is 63.1 Å². The lowest BCUT2D eigenvalue weighted by Crippen LogP contribution is -2.22. The first-order chi connectivity index (χ1) is 13.6. The molecule has 10 heteroatoms. The minimum absolute atomic E-state index is 0.161. The highest BCUT2D eigenvalue weighted by molar-refractivity contribution is 7.13. The van der Waals surface area contributed by atoms with Crippen molar-refractivity contribution < 1.29 is 19.1 Å². The van der Waals surface area contributed by atoms with Gasteiger partial charge in [-0.3, -0.25) is 9.59 Å². The van der Waals surface area contributed by atoms with Gasteiger partial charge in [-0.25, -0.2) is 0 Å². The summed E-state index contributed by atoms with van der Waals surface area (Å²) in [4.78, 5) is 24.4. The summed E-state index contributed by atoms with van der Waals surface area (Å²) in [7, 11) is 0. The molecular formula is C18H13ClN4O4S. The number of amides is 2. The SMILES string of the molecule is O=C(NCc1nnc(C(=O)Nc2ccc3c(c2)OCO3)s1)c1ccc(Cl)cc1. The second-order valence-electron chi connectivity index (χ2n) is 5.71. The zero-order valence-electron chi connectivity index (χ0n) is 14.3. The molecule has 0 fully saturated rings. The van der Waals surface area contributed by atoms with E-state index < -0.39 is 5.91 Å². The van der Waals surface area contributed by atoms with Gasteiger partial charge in [0.05, 0.1) is 6.54 Å². The normalized spacial score (nSPS) is 11.9. The molecule has 0 saturated heterocycles. The Labute approximate surface area is 168 Å². The molecule has 2 N–H and O–H groups in total. The van der Waals surface area contributed by atoms with E-state index in [1.54, 1.807) is 42.5 Å². The van der Waals surface area contributed by atoms with Crippen LogP contribution in [0.1, 0.15) is 25.2 Å². The van der Waals surface area contributed by atoms with Gasteiger partial charge in [-0.15, -0.1) is 10.2 Å². The number of hydrogen-bond acceptors (Lipinski definition) is 7. The average molecular weight is 417 g/mol. The Hall–Kier alpha value is -3.17. The molecule has 28 heavy (non-hydrogen) atoms. The molecule has 1 aliphatic rings. The number of aromatic nitrogens is 2. The van der Waals surface area contributed by atoms with Crippen LogP contribution in [0.25, 0.3) is 0 Å². The summed E-state index contributed by atoms with van der Waals surface area (Å²) in [6, 6.07) is 11.6. The number of carbonyl (C=O) groups is 2. The summed E-state index contributed by atoms with van der Waals surface area (Å²) in [5.41, 5.74) is 1.04. The first kappa shape index (κ1) is 18.2. The Balaban J connectivity index is 1.35. The molecule has 2 amide bonds. The van der Waals surface area contributed by atoms with Gasteiger partial charge >= 0.3 is 0 Å². The van der Waals surface area contributed by atoms with Gasteiger partial charge in [0, 0.05) is 22.3 Å². The highest BCUT2D eigenvalue weighted by Gasteiger charge is 2.17. The summed E-state index contributed by atoms with van der Waals surface area (Å²) in [6.45, 7) is 0.324. The van der Waals surface area contributed by atoms with E-state index in [4.69, 9.17) is 21.1 Å². The topological polar surface area (TPSA) is 102 Å². The molecule has 2 heterocycles. The number of nitrogens with zero attached hydrogens (tertiary/aromatic N) is 2. The van der Waals surface area contributed by atoms with Crippen molar-refractivity contribution in [3.8, 4) is 11.5 Å². The third kappa shape index (κ3) is 4.05. The summed E-state index contributed by atoms with van der Waals surface area (Å²) < 4.78 is 10.5. The standard InChI is InChI=1S/C18H13ClN4O4S/c19-11-3-1-10(2-4-11)16(24)20-8-15-22-23-18(28-15)17(25)21-12-5-6-13-14(7-12)27-9-26-13/h1-7H,8-9H2,(H,20,24)(H,21,25). The van der Waals surface area contributed by atoms with Crippen LogP contribution >= 0.6 is 22.9 Å². The van der Waals surface area contributed by atoms with Crippen molar-refractivity contribution in [3.63, 3.8) is 0 Å². The smallest absolute Gasteiger partial charge is 0.286 e. The average Bonchev–Trinajstić information content (AvgIpc) is 3.35. The van der Waals surface area contributed by atoms with Crippen molar-refractivity contribution in [2.75, 3.05) is 12.1 Å². The monoisotopic (exact) mass is 416 g/mol. The van der Waals surface area contributed by atoms with E-state index in [1.165, 1.54) is 0 Å². The van der Waals surface area contributed by atoms with Crippen LogP contribution < -0.4 is 20.1 Å². The molecular weight excluding hydrogens is 404 g/mol. The lowest BCUT2D eigenvalue weighted by molar-refractivity contribution is 0.0950. The van der Waals surface area contributed by atoms with Crippen molar-refractivity contribution in [2.24, 2.45) is 0 Å². The second kappa shape index (κ2) is 7.83. The predicted molar refractivity (Wildman–Crippen MR) is 103 cm³/mol. The van der Waals surface area contributed by atoms with Crippen molar-refractivity contribution >= 4 is 40.4 Å². The van der Waals surface area contributed by atoms with E-state index in [0.717, 1.165) is 11.3 Å². The van der Waals surface area contributed by atoms with E-state index >= 15 is 0 Å². The quantitative estimate of drug-likeness (QED) is 0.662. The number of ether oxygens (including phenoxy) is 2. The number of rotatable bonds is 5. The fourth-order valence-corrected chi connectivity index (χ4v) is 3.24. The summed E-state index contributed by atoms with van der Waals surface area (Å²) in [5.74, 6) is 0.540. The molecule has 2 aromatic carbocycles. The molecule has 3 aromatic rings. The molecule has 4 rings (SSSR count). The van der Waals surface area contributed by atoms with Gasteiger partial charge < -0.3 is 20.1 Å². The molecule has 0 atom stereocenters. The van der Waals surface area contributed by atoms with Gasteiger partial charge in [-0.1, -0.05) is 22.9 Å². The van der Waals surface area contributed by atoms with Gasteiger partial charge in [0.25, 0.3) is 11.8 Å². The summed E-state index contributed by atoms with van der Waals surface area (Å²) >= 11 is 6.91. The summed E-state index contributed by atoms with van der Waals surface area (Å²) in [6.07, 6.45) is 0. The maximum atomic E-state index is 12.3. The Morgan fingerprint density at radius 1 is 1.04 bits per heavy atom. The summed E-state index contributed by atoms with van der Waals surface area (Å²) in [5, 5.41) is 14.5. The number of benzene rings is 2. The lowest BCUT2D eigenvalue weighted by Gasteiger charge is -2.04. The van der Waals surface area contributed by atoms with E-state index in [2.05, 4.69) is 20.8 Å². The number of halogens is 1. The number of anilines is 1. The highest BCUT2D eigenvalue weighted by atomic mass is 35.5. The maximum absolute atomic E-state index is 12.3. The minimum Gasteiger partial charge on any atom is -0.454 e. The van der Waals surface area contributed by atoms with Gasteiger partial charge in [-0.05, 0) is 36.4 Å². The molecule has 0 aliphatic carbocycles. The van der Waals surface area contributed by atoms with Crippen LogP contribution in [0.2, 0.25) is 5.02 Å². The van der Waals surface area contributed by atoms with E-state index in [0.29, 0.717) is 32.8 Å². The fourth-order valence-electron chi connectivity index (χ4n) is 2.43. The van der Waals surface area contributed by atoms with Crippen molar-refractivity contribution in [1.29, 1.82) is 0 Å². The van der Waals surface area contributed by atoms with Crippen LogP contribution in [0.4, 0.5) is 5.69 Å². The zero-order chi connectivity index (χ0) is 19.5. The van der Waals surface area contributed by atoms with E-state index in [9.17, 15) is 9.59 Å². The first-order valence-electron chi connectivity index (χ1n) is 8.15. The molecule has 0 spiro atoms. The number of nitrogens with one attached hydrogen (secondary N) is 2.